The number of anilines is 1. The first-order chi connectivity index (χ1) is 13.2. The third-order valence-electron chi connectivity index (χ3n) is 3.87. The SMILES string of the molecule is CCOc1ccc(CN(CCCn2ccnc2)C(=O)Nc2nncs2)cc1. The van der Waals surface area contributed by atoms with Gasteiger partial charge in [0.1, 0.15) is 11.3 Å². The number of nitrogens with one attached hydrogen (secondary N) is 1. The smallest absolute Gasteiger partial charge is 0.323 e. The van der Waals surface area contributed by atoms with E-state index in [0.29, 0.717) is 24.8 Å². The molecule has 0 aliphatic rings. The summed E-state index contributed by atoms with van der Waals surface area (Å²) in [7, 11) is 0. The fourth-order valence-electron chi connectivity index (χ4n) is 2.59. The van der Waals surface area contributed by atoms with Crippen LogP contribution in [0.15, 0.2) is 48.5 Å². The number of hydrogen-bond acceptors (Lipinski definition) is 6. The zero-order valence-corrected chi connectivity index (χ0v) is 15.9. The second-order valence-corrected chi connectivity index (χ2v) is 6.66. The van der Waals surface area contributed by atoms with Crippen molar-refractivity contribution in [2.75, 3.05) is 18.5 Å². The highest BCUT2D eigenvalue weighted by atomic mass is 32.1. The topological polar surface area (TPSA) is 85.2 Å². The number of imidazole rings is 1. The Morgan fingerprint density at radius 1 is 1.33 bits per heavy atom. The van der Waals surface area contributed by atoms with Crippen molar-refractivity contribution in [3.63, 3.8) is 0 Å². The van der Waals surface area contributed by atoms with Gasteiger partial charge in [0.25, 0.3) is 0 Å². The Balaban J connectivity index is 1.62. The summed E-state index contributed by atoms with van der Waals surface area (Å²) >= 11 is 1.29. The summed E-state index contributed by atoms with van der Waals surface area (Å²) in [6, 6.07) is 7.61. The van der Waals surface area contributed by atoms with Gasteiger partial charge < -0.3 is 14.2 Å². The number of amides is 2. The van der Waals surface area contributed by atoms with E-state index in [1.807, 2.05) is 42.0 Å². The van der Waals surface area contributed by atoms with Crippen molar-refractivity contribution in [3.8, 4) is 5.75 Å². The summed E-state index contributed by atoms with van der Waals surface area (Å²) in [5, 5.41) is 10.9. The number of aromatic nitrogens is 4. The molecule has 3 rings (SSSR count). The first-order valence-electron chi connectivity index (χ1n) is 8.74. The van der Waals surface area contributed by atoms with Gasteiger partial charge in [-0.15, -0.1) is 10.2 Å². The molecular weight excluding hydrogens is 364 g/mol. The van der Waals surface area contributed by atoms with Gasteiger partial charge in [0.2, 0.25) is 5.13 Å². The van der Waals surface area contributed by atoms with E-state index in [2.05, 4.69) is 20.5 Å². The van der Waals surface area contributed by atoms with Gasteiger partial charge in [-0.2, -0.15) is 0 Å². The van der Waals surface area contributed by atoms with Crippen LogP contribution in [0.5, 0.6) is 5.75 Å². The van der Waals surface area contributed by atoms with Crippen LogP contribution in [0, 0.1) is 0 Å². The van der Waals surface area contributed by atoms with E-state index in [1.165, 1.54) is 11.3 Å². The number of benzene rings is 1. The highest BCUT2D eigenvalue weighted by molar-refractivity contribution is 7.13. The molecule has 0 saturated carbocycles. The van der Waals surface area contributed by atoms with Crippen molar-refractivity contribution in [1.82, 2.24) is 24.6 Å². The molecule has 0 spiro atoms. The molecule has 9 heteroatoms. The predicted molar refractivity (Wildman–Crippen MR) is 104 cm³/mol. The van der Waals surface area contributed by atoms with Crippen LogP contribution in [0.3, 0.4) is 0 Å². The quantitative estimate of drug-likeness (QED) is 0.610. The monoisotopic (exact) mass is 386 g/mol. The Bertz CT molecular complexity index is 805. The lowest BCUT2D eigenvalue weighted by Gasteiger charge is -2.23. The predicted octanol–water partition coefficient (Wildman–Crippen LogP) is 3.26. The first kappa shape index (κ1) is 18.8. The van der Waals surface area contributed by atoms with Gasteiger partial charge in [0, 0.05) is 32.0 Å². The lowest BCUT2D eigenvalue weighted by Crippen LogP contribution is -2.35. The molecule has 27 heavy (non-hydrogen) atoms. The Morgan fingerprint density at radius 3 is 2.85 bits per heavy atom. The maximum atomic E-state index is 12.7. The van der Waals surface area contributed by atoms with E-state index in [1.54, 1.807) is 22.9 Å². The Hall–Kier alpha value is -2.94. The minimum atomic E-state index is -0.189. The molecule has 1 aromatic carbocycles. The van der Waals surface area contributed by atoms with Gasteiger partial charge in [-0.05, 0) is 31.0 Å². The number of carbonyl (C=O) groups is 1. The normalized spacial score (nSPS) is 10.6. The maximum absolute atomic E-state index is 12.7. The fraction of sp³-hybridized carbons (Fsp3) is 0.333. The second-order valence-electron chi connectivity index (χ2n) is 5.83. The molecule has 0 aliphatic heterocycles. The molecular formula is C18H22N6O2S. The van der Waals surface area contributed by atoms with Gasteiger partial charge >= 0.3 is 6.03 Å². The number of hydrogen-bond donors (Lipinski definition) is 1. The van der Waals surface area contributed by atoms with Crippen LogP contribution in [-0.4, -0.2) is 43.8 Å². The number of ether oxygens (including phenoxy) is 1. The Kier molecular flexibility index (Phi) is 6.75. The van der Waals surface area contributed by atoms with Crippen LogP contribution >= 0.6 is 11.3 Å². The van der Waals surface area contributed by atoms with Gasteiger partial charge in [-0.25, -0.2) is 9.78 Å². The average Bonchev–Trinajstić information content (AvgIpc) is 3.37. The molecule has 0 bridgehead atoms. The molecule has 3 aromatic rings. The van der Waals surface area contributed by atoms with Crippen molar-refractivity contribution in [2.45, 2.75) is 26.4 Å². The molecule has 0 radical (unpaired) electrons. The molecule has 0 fully saturated rings. The largest absolute Gasteiger partial charge is 0.494 e. The van der Waals surface area contributed by atoms with E-state index in [-0.39, 0.29) is 6.03 Å². The van der Waals surface area contributed by atoms with Crippen LogP contribution in [0.1, 0.15) is 18.9 Å². The van der Waals surface area contributed by atoms with Gasteiger partial charge in [0.15, 0.2) is 0 Å². The molecule has 142 valence electrons. The molecule has 0 aliphatic carbocycles. The van der Waals surface area contributed by atoms with Crippen molar-refractivity contribution in [1.29, 1.82) is 0 Å². The van der Waals surface area contributed by atoms with Crippen molar-refractivity contribution in [2.24, 2.45) is 0 Å². The van der Waals surface area contributed by atoms with Crippen LogP contribution in [-0.2, 0) is 13.1 Å². The van der Waals surface area contributed by atoms with Gasteiger partial charge in [0.05, 0.1) is 12.9 Å². The van der Waals surface area contributed by atoms with E-state index < -0.39 is 0 Å². The lowest BCUT2D eigenvalue weighted by atomic mass is 10.2. The average molecular weight is 386 g/mol. The van der Waals surface area contributed by atoms with Crippen LogP contribution < -0.4 is 10.1 Å². The van der Waals surface area contributed by atoms with E-state index >= 15 is 0 Å². The Morgan fingerprint density at radius 2 is 2.19 bits per heavy atom. The molecule has 1 N–H and O–H groups in total. The molecule has 2 amide bonds. The van der Waals surface area contributed by atoms with E-state index in [4.69, 9.17) is 4.74 Å². The summed E-state index contributed by atoms with van der Waals surface area (Å²) in [4.78, 5) is 18.5. The summed E-state index contributed by atoms with van der Waals surface area (Å²) in [6.07, 6.45) is 6.26. The van der Waals surface area contributed by atoms with Crippen molar-refractivity contribution in [3.05, 3.63) is 54.1 Å². The number of nitrogens with zero attached hydrogens (tertiary/aromatic N) is 5. The fourth-order valence-corrected chi connectivity index (χ4v) is 3.03. The standard InChI is InChI=1S/C18H22N6O2S/c1-2-26-16-6-4-15(5-7-16)12-24(10-3-9-23-11-8-19-13-23)18(25)21-17-22-20-14-27-17/h4-8,11,13-14H,2-3,9-10,12H2,1H3,(H,21,22,25). The number of urea groups is 1. The van der Waals surface area contributed by atoms with Gasteiger partial charge in [-0.1, -0.05) is 23.5 Å². The molecule has 0 atom stereocenters. The molecule has 8 nitrogen and oxygen atoms in total. The van der Waals surface area contributed by atoms with Crippen LogP contribution in [0.4, 0.5) is 9.93 Å². The highest BCUT2D eigenvalue weighted by Gasteiger charge is 2.15. The van der Waals surface area contributed by atoms with E-state index in [9.17, 15) is 4.79 Å². The molecule has 2 heterocycles. The number of carbonyl (C=O) groups excluding carboxylic acids is 1. The zero-order chi connectivity index (χ0) is 18.9. The second kappa shape index (κ2) is 9.67. The third kappa shape index (κ3) is 5.78. The van der Waals surface area contributed by atoms with Crippen LogP contribution in [0.2, 0.25) is 0 Å². The zero-order valence-electron chi connectivity index (χ0n) is 15.1. The minimum Gasteiger partial charge on any atom is -0.494 e. The van der Waals surface area contributed by atoms with Gasteiger partial charge in [-0.3, -0.25) is 5.32 Å². The molecule has 0 saturated heterocycles. The first-order valence-corrected chi connectivity index (χ1v) is 9.62. The van der Waals surface area contributed by atoms with Crippen molar-refractivity contribution >= 4 is 22.5 Å². The summed E-state index contributed by atoms with van der Waals surface area (Å²) < 4.78 is 7.47. The number of aryl methyl sites for hydroxylation is 1. The Labute approximate surface area is 161 Å². The lowest BCUT2D eigenvalue weighted by molar-refractivity contribution is 0.207. The van der Waals surface area contributed by atoms with E-state index in [0.717, 1.165) is 24.3 Å². The molecule has 2 aromatic heterocycles. The maximum Gasteiger partial charge on any atom is 0.323 e. The number of rotatable bonds is 9. The van der Waals surface area contributed by atoms with Crippen LogP contribution in [0.25, 0.3) is 0 Å². The van der Waals surface area contributed by atoms with Crippen molar-refractivity contribution < 1.29 is 9.53 Å². The highest BCUT2D eigenvalue weighted by Crippen LogP contribution is 2.15. The third-order valence-corrected chi connectivity index (χ3v) is 4.48. The molecule has 0 unspecified atom stereocenters. The summed E-state index contributed by atoms with van der Waals surface area (Å²) in [5.41, 5.74) is 2.62. The minimum absolute atomic E-state index is 0.189. The summed E-state index contributed by atoms with van der Waals surface area (Å²) in [6.45, 7) is 4.49. The summed E-state index contributed by atoms with van der Waals surface area (Å²) in [5.74, 6) is 0.825.